The molecule has 6 nitrogen and oxygen atoms in total. The summed E-state index contributed by atoms with van der Waals surface area (Å²) in [5, 5.41) is 9.22. The minimum Gasteiger partial charge on any atom is -0.342 e. The fourth-order valence-corrected chi connectivity index (χ4v) is 5.34. The Morgan fingerprint density at radius 1 is 1.03 bits per heavy atom. The first-order valence-corrected chi connectivity index (χ1v) is 11.8. The number of piperidine rings is 1. The van der Waals surface area contributed by atoms with E-state index < -0.39 is 0 Å². The van der Waals surface area contributed by atoms with E-state index in [0.29, 0.717) is 22.7 Å². The van der Waals surface area contributed by atoms with E-state index in [9.17, 15) is 4.79 Å². The van der Waals surface area contributed by atoms with Crippen molar-refractivity contribution in [3.05, 3.63) is 41.7 Å². The maximum absolute atomic E-state index is 12.7. The number of rotatable bonds is 6. The van der Waals surface area contributed by atoms with E-state index in [1.54, 1.807) is 4.68 Å². The molecule has 1 aromatic carbocycles. The van der Waals surface area contributed by atoms with E-state index in [1.165, 1.54) is 36.6 Å². The second kappa shape index (κ2) is 9.65. The number of amides is 1. The number of benzene rings is 1. The van der Waals surface area contributed by atoms with Crippen LogP contribution < -0.4 is 5.84 Å². The van der Waals surface area contributed by atoms with Crippen molar-refractivity contribution in [1.29, 1.82) is 0 Å². The van der Waals surface area contributed by atoms with Gasteiger partial charge in [0, 0.05) is 19.0 Å². The normalized spacial score (nSPS) is 18.8. The number of hydrogen-bond acceptors (Lipinski definition) is 5. The Kier molecular flexibility index (Phi) is 6.74. The minimum absolute atomic E-state index is 0.176. The highest BCUT2D eigenvalue weighted by molar-refractivity contribution is 7.99. The molecule has 2 aromatic rings. The monoisotopic (exact) mass is 413 g/mol. The summed E-state index contributed by atoms with van der Waals surface area (Å²) in [7, 11) is 0. The third-order valence-corrected chi connectivity index (χ3v) is 7.25. The number of carbonyl (C=O) groups is 1. The molecule has 1 aromatic heterocycles. The van der Waals surface area contributed by atoms with Crippen LogP contribution in [0.25, 0.3) is 0 Å². The SMILES string of the molecule is Nn1c(SCC(=O)N2CCC(Cc3ccccc3)CC2)nnc1C1CCCCC1. The second-order valence-electron chi connectivity index (χ2n) is 8.35. The fraction of sp³-hybridized carbons (Fsp3) is 0.591. The van der Waals surface area contributed by atoms with E-state index in [2.05, 4.69) is 40.5 Å². The molecule has 0 atom stereocenters. The lowest BCUT2D eigenvalue weighted by atomic mass is 9.89. The van der Waals surface area contributed by atoms with Gasteiger partial charge in [-0.25, -0.2) is 4.68 Å². The molecule has 4 rings (SSSR count). The van der Waals surface area contributed by atoms with Crippen LogP contribution in [0.3, 0.4) is 0 Å². The third-order valence-electron chi connectivity index (χ3n) is 6.32. The average molecular weight is 414 g/mol. The molecule has 2 aliphatic rings. The second-order valence-corrected chi connectivity index (χ2v) is 9.29. The molecule has 0 spiro atoms. The standard InChI is InChI=1S/C22H31N5OS/c23-27-21(19-9-5-2-6-10-19)24-25-22(27)29-16-20(28)26-13-11-18(12-14-26)15-17-7-3-1-4-8-17/h1,3-4,7-8,18-19H,2,5-6,9-16,23H2. The van der Waals surface area contributed by atoms with E-state index in [1.807, 2.05) is 4.90 Å². The smallest absolute Gasteiger partial charge is 0.233 e. The van der Waals surface area contributed by atoms with E-state index in [0.717, 1.165) is 51.0 Å². The summed E-state index contributed by atoms with van der Waals surface area (Å²) in [6, 6.07) is 10.6. The quantitative estimate of drug-likeness (QED) is 0.578. The number of nitrogens with two attached hydrogens (primary N) is 1. The van der Waals surface area contributed by atoms with Gasteiger partial charge in [0.15, 0.2) is 5.82 Å². The number of nitrogens with zero attached hydrogens (tertiary/aromatic N) is 4. The van der Waals surface area contributed by atoms with Crippen LogP contribution >= 0.6 is 11.8 Å². The first-order valence-electron chi connectivity index (χ1n) is 10.9. The Labute approximate surface area is 177 Å². The van der Waals surface area contributed by atoms with Crippen LogP contribution in [0, 0.1) is 5.92 Å². The fourth-order valence-electron chi connectivity index (χ4n) is 4.58. The van der Waals surface area contributed by atoms with Gasteiger partial charge in [0.1, 0.15) is 0 Å². The summed E-state index contributed by atoms with van der Waals surface area (Å²) in [6.45, 7) is 1.69. The lowest BCUT2D eigenvalue weighted by molar-refractivity contribution is -0.129. The largest absolute Gasteiger partial charge is 0.342 e. The van der Waals surface area contributed by atoms with Gasteiger partial charge in [-0.3, -0.25) is 4.79 Å². The Morgan fingerprint density at radius 2 is 1.76 bits per heavy atom. The Bertz CT molecular complexity index is 795. The summed E-state index contributed by atoms with van der Waals surface area (Å²) in [5.41, 5.74) is 1.39. The maximum atomic E-state index is 12.7. The van der Waals surface area contributed by atoms with Crippen molar-refractivity contribution in [2.75, 3.05) is 24.7 Å². The molecule has 29 heavy (non-hydrogen) atoms. The Balaban J connectivity index is 1.24. The van der Waals surface area contributed by atoms with Gasteiger partial charge in [-0.05, 0) is 43.6 Å². The van der Waals surface area contributed by atoms with Crippen LogP contribution in [-0.2, 0) is 11.2 Å². The highest BCUT2D eigenvalue weighted by Crippen LogP contribution is 2.32. The lowest BCUT2D eigenvalue weighted by Gasteiger charge is -2.32. The highest BCUT2D eigenvalue weighted by Gasteiger charge is 2.25. The topological polar surface area (TPSA) is 77.0 Å². The maximum Gasteiger partial charge on any atom is 0.233 e. The predicted octanol–water partition coefficient (Wildman–Crippen LogP) is 3.61. The van der Waals surface area contributed by atoms with Gasteiger partial charge in [0.05, 0.1) is 5.75 Å². The lowest BCUT2D eigenvalue weighted by Crippen LogP contribution is -2.39. The van der Waals surface area contributed by atoms with Crippen molar-refractivity contribution in [2.45, 2.75) is 62.4 Å². The molecule has 1 saturated carbocycles. The van der Waals surface area contributed by atoms with Crippen molar-refractivity contribution in [2.24, 2.45) is 5.92 Å². The van der Waals surface area contributed by atoms with E-state index in [4.69, 9.17) is 5.84 Å². The number of hydrogen-bond donors (Lipinski definition) is 1. The molecule has 156 valence electrons. The van der Waals surface area contributed by atoms with Crippen LogP contribution in [0.5, 0.6) is 0 Å². The molecule has 0 radical (unpaired) electrons. The summed E-state index contributed by atoms with van der Waals surface area (Å²) in [4.78, 5) is 14.7. The van der Waals surface area contributed by atoms with Gasteiger partial charge in [0.2, 0.25) is 11.1 Å². The molecular weight excluding hydrogens is 382 g/mol. The molecule has 2 N–H and O–H groups in total. The molecule has 1 saturated heterocycles. The predicted molar refractivity (Wildman–Crippen MR) is 116 cm³/mol. The zero-order valence-electron chi connectivity index (χ0n) is 17.0. The minimum atomic E-state index is 0.176. The number of aromatic nitrogens is 3. The molecule has 2 heterocycles. The summed E-state index contributed by atoms with van der Waals surface area (Å²) in [6.07, 6.45) is 9.30. The van der Waals surface area contributed by atoms with Gasteiger partial charge >= 0.3 is 0 Å². The van der Waals surface area contributed by atoms with Gasteiger partial charge in [-0.15, -0.1) is 10.2 Å². The van der Waals surface area contributed by atoms with Crippen molar-refractivity contribution in [3.8, 4) is 0 Å². The van der Waals surface area contributed by atoms with Crippen LogP contribution in [0.1, 0.15) is 62.3 Å². The van der Waals surface area contributed by atoms with Crippen LogP contribution in [0.4, 0.5) is 0 Å². The van der Waals surface area contributed by atoms with Crippen molar-refractivity contribution in [3.63, 3.8) is 0 Å². The molecular formula is C22H31N5OS. The third kappa shape index (κ3) is 5.13. The summed E-state index contributed by atoms with van der Waals surface area (Å²) in [5.74, 6) is 8.75. The molecule has 0 bridgehead atoms. The molecule has 2 fully saturated rings. The van der Waals surface area contributed by atoms with E-state index in [-0.39, 0.29) is 5.91 Å². The van der Waals surface area contributed by atoms with Crippen molar-refractivity contribution >= 4 is 17.7 Å². The van der Waals surface area contributed by atoms with Gasteiger partial charge < -0.3 is 10.7 Å². The number of carbonyl (C=O) groups excluding carboxylic acids is 1. The number of nitrogen functional groups attached to an aromatic ring is 1. The van der Waals surface area contributed by atoms with Crippen molar-refractivity contribution in [1.82, 2.24) is 19.8 Å². The zero-order chi connectivity index (χ0) is 20.1. The van der Waals surface area contributed by atoms with Crippen LogP contribution in [0.2, 0.25) is 0 Å². The zero-order valence-corrected chi connectivity index (χ0v) is 17.8. The molecule has 1 aliphatic heterocycles. The Morgan fingerprint density at radius 3 is 2.48 bits per heavy atom. The molecule has 1 amide bonds. The highest BCUT2D eigenvalue weighted by atomic mass is 32.2. The molecule has 0 unspecified atom stereocenters. The summed E-state index contributed by atoms with van der Waals surface area (Å²) < 4.78 is 1.61. The average Bonchev–Trinajstić information content (AvgIpc) is 3.14. The number of thioether (sulfide) groups is 1. The number of likely N-dealkylation sites (tertiary alicyclic amines) is 1. The van der Waals surface area contributed by atoms with E-state index >= 15 is 0 Å². The van der Waals surface area contributed by atoms with Crippen LogP contribution in [-0.4, -0.2) is 44.5 Å². The molecule has 1 aliphatic carbocycles. The summed E-state index contributed by atoms with van der Waals surface area (Å²) >= 11 is 1.41. The van der Waals surface area contributed by atoms with Crippen LogP contribution in [0.15, 0.2) is 35.5 Å². The Hall–Kier alpha value is -2.02. The van der Waals surface area contributed by atoms with Crippen molar-refractivity contribution < 1.29 is 4.79 Å². The van der Waals surface area contributed by atoms with Gasteiger partial charge in [0.25, 0.3) is 0 Å². The van der Waals surface area contributed by atoms with Gasteiger partial charge in [-0.1, -0.05) is 61.4 Å². The molecule has 7 heteroatoms. The van der Waals surface area contributed by atoms with Gasteiger partial charge in [-0.2, -0.15) is 0 Å². The first-order chi connectivity index (χ1) is 14.2. The first kappa shape index (κ1) is 20.3.